The van der Waals surface area contributed by atoms with Crippen molar-refractivity contribution in [3.05, 3.63) is 28.8 Å². The van der Waals surface area contributed by atoms with Crippen molar-refractivity contribution >= 4 is 51.3 Å². The summed E-state index contributed by atoms with van der Waals surface area (Å²) in [5, 5.41) is 8.86. The Hall–Kier alpha value is -1.35. The molecule has 1 aromatic rings. The molecule has 1 saturated heterocycles. The molecule has 10 heteroatoms. The standard InChI is InChI=1S/C17H22ClN3O4S.ClH/c1-26(24,25)17(6-8-19-9-7-17)16(23)21-12-4-5-14(18)13(10-12)15(22)20-11-2-3-11;/h4-5,10-11,19H,2-3,6-9H2,1H3,(H,20,22)(H,21,23);1H. The quantitative estimate of drug-likeness (QED) is 0.653. The number of nitrogens with one attached hydrogen (secondary N) is 3. The SMILES string of the molecule is CS(=O)(=O)C1(C(=O)Nc2ccc(Cl)c(C(=O)NC3CC3)c2)CCNCC1.Cl. The van der Waals surface area contributed by atoms with Gasteiger partial charge in [-0.05, 0) is 57.0 Å². The Morgan fingerprint density at radius 1 is 1.22 bits per heavy atom. The maximum Gasteiger partial charge on any atom is 0.253 e. The Balaban J connectivity index is 0.00000261. The van der Waals surface area contributed by atoms with E-state index in [1.54, 1.807) is 6.07 Å². The van der Waals surface area contributed by atoms with Crippen molar-refractivity contribution in [2.75, 3.05) is 24.7 Å². The van der Waals surface area contributed by atoms with Crippen molar-refractivity contribution in [1.29, 1.82) is 0 Å². The summed E-state index contributed by atoms with van der Waals surface area (Å²) in [6.45, 7) is 0.909. The highest BCUT2D eigenvalue weighted by atomic mass is 35.5. The monoisotopic (exact) mass is 435 g/mol. The van der Waals surface area contributed by atoms with Gasteiger partial charge in [-0.2, -0.15) is 0 Å². The second kappa shape index (κ2) is 8.34. The van der Waals surface area contributed by atoms with Gasteiger partial charge in [0.05, 0.1) is 10.6 Å². The molecule has 0 unspecified atom stereocenters. The van der Waals surface area contributed by atoms with Gasteiger partial charge in [0, 0.05) is 18.0 Å². The number of piperidine rings is 1. The van der Waals surface area contributed by atoms with Crippen molar-refractivity contribution in [3.8, 4) is 0 Å². The van der Waals surface area contributed by atoms with E-state index in [2.05, 4.69) is 16.0 Å². The van der Waals surface area contributed by atoms with Crippen LogP contribution in [0.1, 0.15) is 36.0 Å². The lowest BCUT2D eigenvalue weighted by atomic mass is 9.95. The number of sulfone groups is 1. The minimum atomic E-state index is -3.61. The first-order valence-electron chi connectivity index (χ1n) is 8.55. The number of hydrogen-bond acceptors (Lipinski definition) is 5. The largest absolute Gasteiger partial charge is 0.349 e. The molecule has 7 nitrogen and oxygen atoms in total. The molecule has 0 aromatic heterocycles. The van der Waals surface area contributed by atoms with Gasteiger partial charge < -0.3 is 16.0 Å². The summed E-state index contributed by atoms with van der Waals surface area (Å²) in [5.74, 6) is -0.870. The summed E-state index contributed by atoms with van der Waals surface area (Å²) >= 11 is 6.10. The summed E-state index contributed by atoms with van der Waals surface area (Å²) in [6.07, 6.45) is 3.41. The second-order valence-electron chi connectivity index (χ2n) is 6.91. The van der Waals surface area contributed by atoms with Gasteiger partial charge in [0.2, 0.25) is 5.91 Å². The zero-order valence-electron chi connectivity index (χ0n) is 14.9. The molecular weight excluding hydrogens is 413 g/mol. The fraction of sp³-hybridized carbons (Fsp3) is 0.529. The number of hydrogen-bond donors (Lipinski definition) is 3. The van der Waals surface area contributed by atoms with Gasteiger partial charge in [0.1, 0.15) is 0 Å². The zero-order chi connectivity index (χ0) is 18.9. The van der Waals surface area contributed by atoms with Crippen LogP contribution in [0.25, 0.3) is 0 Å². The topological polar surface area (TPSA) is 104 Å². The summed E-state index contributed by atoms with van der Waals surface area (Å²) in [7, 11) is -3.61. The normalized spacial score (nSPS) is 18.9. The van der Waals surface area contributed by atoms with Crippen LogP contribution in [0.2, 0.25) is 5.02 Å². The minimum Gasteiger partial charge on any atom is -0.349 e. The Kier molecular flexibility index (Phi) is 6.78. The molecule has 2 fully saturated rings. The average molecular weight is 436 g/mol. The number of carbonyl (C=O) groups is 2. The first kappa shape index (κ1) is 21.9. The molecule has 1 aromatic carbocycles. The van der Waals surface area contributed by atoms with E-state index in [4.69, 9.17) is 11.6 Å². The number of rotatable bonds is 5. The van der Waals surface area contributed by atoms with Gasteiger partial charge in [-0.1, -0.05) is 11.6 Å². The average Bonchev–Trinajstić information content (AvgIpc) is 3.40. The lowest BCUT2D eigenvalue weighted by Gasteiger charge is -2.34. The van der Waals surface area contributed by atoms with E-state index in [0.29, 0.717) is 18.8 Å². The first-order chi connectivity index (χ1) is 12.2. The number of carbonyl (C=O) groups excluding carboxylic acids is 2. The maximum absolute atomic E-state index is 12.8. The van der Waals surface area contributed by atoms with Crippen LogP contribution in [0.4, 0.5) is 5.69 Å². The van der Waals surface area contributed by atoms with Crippen LogP contribution < -0.4 is 16.0 Å². The molecule has 1 saturated carbocycles. The van der Waals surface area contributed by atoms with Crippen molar-refractivity contribution in [2.24, 2.45) is 0 Å². The third-order valence-electron chi connectivity index (χ3n) is 4.92. The molecule has 1 heterocycles. The van der Waals surface area contributed by atoms with Gasteiger partial charge in [-0.15, -0.1) is 12.4 Å². The molecule has 150 valence electrons. The molecule has 0 radical (unpaired) electrons. The van der Waals surface area contributed by atoms with Crippen LogP contribution in [-0.4, -0.2) is 50.4 Å². The molecule has 1 aliphatic carbocycles. The molecule has 3 N–H and O–H groups in total. The van der Waals surface area contributed by atoms with Crippen molar-refractivity contribution in [1.82, 2.24) is 10.6 Å². The van der Waals surface area contributed by atoms with Gasteiger partial charge >= 0.3 is 0 Å². The molecule has 3 rings (SSSR count). The third-order valence-corrected chi connectivity index (χ3v) is 7.26. The molecular formula is C17H23Cl2N3O4S. The van der Waals surface area contributed by atoms with Crippen molar-refractivity contribution in [3.63, 3.8) is 0 Å². The third kappa shape index (κ3) is 4.74. The Morgan fingerprint density at radius 3 is 2.41 bits per heavy atom. The number of anilines is 1. The van der Waals surface area contributed by atoms with E-state index in [1.165, 1.54) is 12.1 Å². The summed E-state index contributed by atoms with van der Waals surface area (Å²) in [5.41, 5.74) is 0.608. The predicted octanol–water partition coefficient (Wildman–Crippen LogP) is 1.76. The van der Waals surface area contributed by atoms with Gasteiger partial charge in [0.25, 0.3) is 5.91 Å². The highest BCUT2D eigenvalue weighted by Crippen LogP contribution is 2.30. The molecule has 0 bridgehead atoms. The summed E-state index contributed by atoms with van der Waals surface area (Å²) in [4.78, 5) is 25.1. The molecule has 0 atom stereocenters. The van der Waals surface area contributed by atoms with Crippen molar-refractivity contribution in [2.45, 2.75) is 36.5 Å². The number of halogens is 2. The maximum atomic E-state index is 12.8. The van der Waals surface area contributed by atoms with Crippen LogP contribution in [-0.2, 0) is 14.6 Å². The highest BCUT2D eigenvalue weighted by molar-refractivity contribution is 7.92. The lowest BCUT2D eigenvalue weighted by molar-refractivity contribution is -0.119. The molecule has 2 aliphatic rings. The molecule has 0 spiro atoms. The first-order valence-corrected chi connectivity index (χ1v) is 10.8. The van der Waals surface area contributed by atoms with Crippen molar-refractivity contribution < 1.29 is 18.0 Å². The Bertz CT molecular complexity index is 835. The predicted molar refractivity (Wildman–Crippen MR) is 107 cm³/mol. The van der Waals surface area contributed by atoms with Gasteiger partial charge in [0.15, 0.2) is 14.6 Å². The molecule has 2 amide bonds. The smallest absolute Gasteiger partial charge is 0.253 e. The Morgan fingerprint density at radius 2 is 1.85 bits per heavy atom. The summed E-state index contributed by atoms with van der Waals surface area (Å²) < 4.78 is 23.2. The van der Waals surface area contributed by atoms with Gasteiger partial charge in [-0.25, -0.2) is 8.42 Å². The summed E-state index contributed by atoms with van der Waals surface area (Å²) in [6, 6.07) is 4.74. The molecule has 1 aliphatic heterocycles. The zero-order valence-corrected chi connectivity index (χ0v) is 17.3. The molecule has 27 heavy (non-hydrogen) atoms. The van der Waals surface area contributed by atoms with E-state index >= 15 is 0 Å². The fourth-order valence-corrected chi connectivity index (χ4v) is 4.65. The van der Waals surface area contributed by atoms with E-state index < -0.39 is 20.5 Å². The van der Waals surface area contributed by atoms with Crippen LogP contribution in [0.5, 0.6) is 0 Å². The second-order valence-corrected chi connectivity index (χ2v) is 9.65. The van der Waals surface area contributed by atoms with Gasteiger partial charge in [-0.3, -0.25) is 9.59 Å². The fourth-order valence-electron chi connectivity index (χ4n) is 3.11. The number of amides is 2. The number of benzene rings is 1. The lowest BCUT2D eigenvalue weighted by Crippen LogP contribution is -2.55. The van der Waals surface area contributed by atoms with Crippen LogP contribution in [0.3, 0.4) is 0 Å². The minimum absolute atomic E-state index is 0. The van der Waals surface area contributed by atoms with Crippen LogP contribution in [0.15, 0.2) is 18.2 Å². The van der Waals surface area contributed by atoms with E-state index in [-0.39, 0.29) is 47.8 Å². The van der Waals surface area contributed by atoms with E-state index in [1.807, 2.05) is 0 Å². The Labute approximate surface area is 169 Å². The van der Waals surface area contributed by atoms with Crippen LogP contribution >= 0.6 is 24.0 Å². The van der Waals surface area contributed by atoms with E-state index in [0.717, 1.165) is 19.1 Å². The highest BCUT2D eigenvalue weighted by Gasteiger charge is 2.48. The van der Waals surface area contributed by atoms with Crippen LogP contribution in [0, 0.1) is 0 Å². The van der Waals surface area contributed by atoms with E-state index in [9.17, 15) is 18.0 Å².